The quantitative estimate of drug-likeness (QED) is 0.825. The number of aryl methyl sites for hydroxylation is 1. The minimum atomic E-state index is 0.205. The molecule has 7 heteroatoms. The molecule has 2 aromatic rings. The van der Waals surface area contributed by atoms with E-state index in [0.717, 1.165) is 38.3 Å². The van der Waals surface area contributed by atoms with Crippen molar-refractivity contribution in [3.8, 4) is 0 Å². The summed E-state index contributed by atoms with van der Waals surface area (Å²) in [5, 5.41) is 7.60. The van der Waals surface area contributed by atoms with E-state index in [0.29, 0.717) is 18.4 Å². The van der Waals surface area contributed by atoms with Gasteiger partial charge in [0.05, 0.1) is 22.9 Å². The molecule has 1 saturated carbocycles. The first-order chi connectivity index (χ1) is 12.2. The van der Waals surface area contributed by atoms with E-state index < -0.39 is 0 Å². The molecule has 2 aromatic heterocycles. The van der Waals surface area contributed by atoms with Crippen molar-refractivity contribution in [3.05, 3.63) is 34.0 Å². The number of rotatable bonds is 7. The van der Waals surface area contributed by atoms with Crippen molar-refractivity contribution in [3.63, 3.8) is 0 Å². The van der Waals surface area contributed by atoms with E-state index in [4.69, 9.17) is 0 Å². The molecule has 2 aliphatic rings. The molecule has 1 fully saturated rings. The fraction of sp³-hybridized carbons (Fsp3) is 0.611. The van der Waals surface area contributed by atoms with E-state index in [9.17, 15) is 4.79 Å². The molecule has 3 heterocycles. The molecule has 6 nitrogen and oxygen atoms in total. The third kappa shape index (κ3) is 4.10. The summed E-state index contributed by atoms with van der Waals surface area (Å²) >= 11 is 1.73. The summed E-state index contributed by atoms with van der Waals surface area (Å²) in [6.45, 7) is 5.62. The van der Waals surface area contributed by atoms with Gasteiger partial charge in [-0.25, -0.2) is 4.98 Å². The molecular weight excluding hydrogens is 334 g/mol. The first-order valence-corrected chi connectivity index (χ1v) is 9.97. The summed E-state index contributed by atoms with van der Waals surface area (Å²) in [6.07, 6.45) is 5.95. The smallest absolute Gasteiger partial charge is 0.220 e. The summed E-state index contributed by atoms with van der Waals surface area (Å²) < 4.78 is 2.14. The van der Waals surface area contributed by atoms with Crippen LogP contribution in [0.2, 0.25) is 0 Å². The SMILES string of the molecule is Cc1ncsc1CN1Cc2ccnn2[C@@H](CCNC(=O)CC2CC2)C1. The molecule has 0 spiro atoms. The normalized spacial score (nSPS) is 20.4. The maximum absolute atomic E-state index is 11.9. The Bertz CT molecular complexity index is 735. The topological polar surface area (TPSA) is 63.1 Å². The second kappa shape index (κ2) is 7.25. The van der Waals surface area contributed by atoms with Gasteiger partial charge < -0.3 is 5.32 Å². The van der Waals surface area contributed by atoms with Crippen LogP contribution in [0.25, 0.3) is 0 Å². The highest BCUT2D eigenvalue weighted by Gasteiger charge is 2.27. The Labute approximate surface area is 152 Å². The van der Waals surface area contributed by atoms with E-state index in [1.54, 1.807) is 11.3 Å². The lowest BCUT2D eigenvalue weighted by atomic mass is 10.1. The Kier molecular flexibility index (Phi) is 4.85. The van der Waals surface area contributed by atoms with Crippen LogP contribution in [-0.4, -0.2) is 38.7 Å². The lowest BCUT2D eigenvalue weighted by molar-refractivity contribution is -0.121. The highest BCUT2D eigenvalue weighted by atomic mass is 32.1. The first-order valence-electron chi connectivity index (χ1n) is 9.09. The molecule has 1 amide bonds. The molecular formula is C18H25N5OS. The summed E-state index contributed by atoms with van der Waals surface area (Å²) in [5.74, 6) is 0.849. The van der Waals surface area contributed by atoms with Crippen molar-refractivity contribution in [1.82, 2.24) is 25.0 Å². The molecule has 25 heavy (non-hydrogen) atoms. The van der Waals surface area contributed by atoms with Gasteiger partial charge in [0.25, 0.3) is 0 Å². The fourth-order valence-corrected chi connectivity index (χ4v) is 4.33. The molecule has 0 radical (unpaired) electrons. The van der Waals surface area contributed by atoms with Gasteiger partial charge in [-0.3, -0.25) is 14.4 Å². The van der Waals surface area contributed by atoms with Crippen LogP contribution in [0.5, 0.6) is 0 Å². The van der Waals surface area contributed by atoms with Gasteiger partial charge in [0, 0.05) is 43.7 Å². The molecule has 0 bridgehead atoms. The van der Waals surface area contributed by atoms with Crippen LogP contribution < -0.4 is 5.32 Å². The molecule has 4 rings (SSSR count). The van der Waals surface area contributed by atoms with Crippen molar-refractivity contribution >= 4 is 17.2 Å². The van der Waals surface area contributed by atoms with Crippen molar-refractivity contribution in [2.75, 3.05) is 13.1 Å². The fourth-order valence-electron chi connectivity index (χ4n) is 3.51. The van der Waals surface area contributed by atoms with Crippen molar-refractivity contribution in [2.45, 2.75) is 51.7 Å². The Morgan fingerprint density at radius 3 is 3.08 bits per heavy atom. The minimum Gasteiger partial charge on any atom is -0.356 e. The standard InChI is InChI=1S/C18H25N5OS/c1-13-17(25-12-20-13)11-22-9-15(23-16(10-22)5-7-21-23)4-6-19-18(24)8-14-2-3-14/h5,7,12,14-15H,2-4,6,8-11H2,1H3,(H,19,24)/t15-/m0/s1. The van der Waals surface area contributed by atoms with Gasteiger partial charge in [0.1, 0.15) is 0 Å². The predicted molar refractivity (Wildman–Crippen MR) is 97.2 cm³/mol. The Morgan fingerprint density at radius 2 is 2.32 bits per heavy atom. The van der Waals surface area contributed by atoms with Gasteiger partial charge in [0.15, 0.2) is 0 Å². The number of hydrogen-bond acceptors (Lipinski definition) is 5. The molecule has 0 unspecified atom stereocenters. The van der Waals surface area contributed by atoms with Crippen LogP contribution in [0, 0.1) is 12.8 Å². The number of carbonyl (C=O) groups is 1. The molecule has 1 N–H and O–H groups in total. The average molecular weight is 359 g/mol. The number of hydrogen-bond donors (Lipinski definition) is 1. The van der Waals surface area contributed by atoms with Gasteiger partial charge in [0.2, 0.25) is 5.91 Å². The molecule has 134 valence electrons. The maximum atomic E-state index is 11.9. The molecule has 0 aromatic carbocycles. The summed E-state index contributed by atoms with van der Waals surface area (Å²) in [5.41, 5.74) is 4.31. The largest absolute Gasteiger partial charge is 0.356 e. The minimum absolute atomic E-state index is 0.205. The average Bonchev–Trinajstić information content (AvgIpc) is 3.11. The zero-order valence-electron chi connectivity index (χ0n) is 14.6. The monoisotopic (exact) mass is 359 g/mol. The van der Waals surface area contributed by atoms with Crippen molar-refractivity contribution in [1.29, 1.82) is 0 Å². The third-order valence-electron chi connectivity index (χ3n) is 5.14. The second-order valence-electron chi connectivity index (χ2n) is 7.24. The second-order valence-corrected chi connectivity index (χ2v) is 8.18. The van der Waals surface area contributed by atoms with Crippen molar-refractivity contribution in [2.24, 2.45) is 5.92 Å². The van der Waals surface area contributed by atoms with Gasteiger partial charge >= 0.3 is 0 Å². The molecule has 1 atom stereocenters. The van der Waals surface area contributed by atoms with Gasteiger partial charge in [-0.05, 0) is 38.2 Å². The number of amides is 1. The highest BCUT2D eigenvalue weighted by molar-refractivity contribution is 7.09. The molecule has 1 aliphatic carbocycles. The first kappa shape index (κ1) is 16.7. The van der Waals surface area contributed by atoms with Gasteiger partial charge in [-0.1, -0.05) is 0 Å². The summed E-state index contributed by atoms with van der Waals surface area (Å²) in [7, 11) is 0. The summed E-state index contributed by atoms with van der Waals surface area (Å²) in [6, 6.07) is 2.41. The Hall–Kier alpha value is -1.73. The van der Waals surface area contributed by atoms with Crippen LogP contribution in [0.4, 0.5) is 0 Å². The van der Waals surface area contributed by atoms with E-state index in [1.807, 2.05) is 11.7 Å². The van der Waals surface area contributed by atoms with E-state index in [2.05, 4.69) is 38.0 Å². The number of carbonyl (C=O) groups excluding carboxylic acids is 1. The van der Waals surface area contributed by atoms with Gasteiger partial charge in [-0.15, -0.1) is 11.3 Å². The van der Waals surface area contributed by atoms with Crippen LogP contribution in [-0.2, 0) is 17.9 Å². The lowest BCUT2D eigenvalue weighted by Gasteiger charge is -2.33. The third-order valence-corrected chi connectivity index (χ3v) is 6.06. The highest BCUT2D eigenvalue weighted by Crippen LogP contribution is 2.32. The predicted octanol–water partition coefficient (Wildman–Crippen LogP) is 2.51. The van der Waals surface area contributed by atoms with E-state index >= 15 is 0 Å². The lowest BCUT2D eigenvalue weighted by Crippen LogP contribution is -2.39. The number of thiazole rings is 1. The Balaban J connectivity index is 1.35. The van der Waals surface area contributed by atoms with Gasteiger partial charge in [-0.2, -0.15) is 5.10 Å². The number of nitrogens with one attached hydrogen (secondary N) is 1. The van der Waals surface area contributed by atoms with E-state index in [-0.39, 0.29) is 5.91 Å². The number of nitrogens with zero attached hydrogens (tertiary/aromatic N) is 4. The van der Waals surface area contributed by atoms with Crippen LogP contribution in [0.15, 0.2) is 17.8 Å². The van der Waals surface area contributed by atoms with Crippen LogP contribution >= 0.6 is 11.3 Å². The Morgan fingerprint density at radius 1 is 1.44 bits per heavy atom. The number of fused-ring (bicyclic) bond motifs is 1. The zero-order valence-corrected chi connectivity index (χ0v) is 15.5. The molecule has 0 saturated heterocycles. The van der Waals surface area contributed by atoms with Crippen LogP contribution in [0.3, 0.4) is 0 Å². The van der Waals surface area contributed by atoms with E-state index in [1.165, 1.54) is 23.4 Å². The van der Waals surface area contributed by atoms with Crippen molar-refractivity contribution < 1.29 is 4.79 Å². The maximum Gasteiger partial charge on any atom is 0.220 e. The summed E-state index contributed by atoms with van der Waals surface area (Å²) in [4.78, 5) is 20.1. The number of aromatic nitrogens is 3. The zero-order chi connectivity index (χ0) is 17.2. The molecule has 1 aliphatic heterocycles. The van der Waals surface area contributed by atoms with Crippen LogP contribution in [0.1, 0.15) is 48.0 Å².